The molecular formula is C8H12N6O. The van der Waals surface area contributed by atoms with Crippen LogP contribution in [0.3, 0.4) is 0 Å². The molecule has 0 atom stereocenters. The Bertz CT molecular complexity index is 420. The van der Waals surface area contributed by atoms with E-state index in [1.165, 1.54) is 6.33 Å². The van der Waals surface area contributed by atoms with Crippen LogP contribution in [0.1, 0.15) is 5.89 Å². The molecule has 0 aliphatic heterocycles. The zero-order chi connectivity index (χ0) is 10.7. The molecule has 2 rings (SSSR count). The summed E-state index contributed by atoms with van der Waals surface area (Å²) in [6, 6.07) is 0. The summed E-state index contributed by atoms with van der Waals surface area (Å²) in [5.41, 5.74) is 6.33. The SMILES string of the molecule is Cn1cc(N)c(NCCc2ncno2)n1. The van der Waals surface area contributed by atoms with Gasteiger partial charge in [-0.15, -0.1) is 0 Å². The molecule has 0 spiro atoms. The van der Waals surface area contributed by atoms with Gasteiger partial charge < -0.3 is 15.6 Å². The Hall–Kier alpha value is -2.05. The topological polar surface area (TPSA) is 94.8 Å². The van der Waals surface area contributed by atoms with Crippen LogP contribution in [0.15, 0.2) is 17.0 Å². The molecule has 0 saturated heterocycles. The van der Waals surface area contributed by atoms with Gasteiger partial charge in [-0.05, 0) is 0 Å². The van der Waals surface area contributed by atoms with Crippen LogP contribution >= 0.6 is 0 Å². The number of hydrogen-bond acceptors (Lipinski definition) is 6. The van der Waals surface area contributed by atoms with Crippen LogP contribution in [0.2, 0.25) is 0 Å². The van der Waals surface area contributed by atoms with E-state index in [4.69, 9.17) is 10.3 Å². The zero-order valence-electron chi connectivity index (χ0n) is 8.34. The minimum absolute atomic E-state index is 0.594. The summed E-state index contributed by atoms with van der Waals surface area (Å²) in [4.78, 5) is 3.90. The fourth-order valence-electron chi connectivity index (χ4n) is 1.24. The Kier molecular flexibility index (Phi) is 2.53. The summed E-state index contributed by atoms with van der Waals surface area (Å²) in [6.07, 6.45) is 3.77. The standard InChI is InChI=1S/C8H12N6O/c1-14-4-6(9)8(13-14)10-3-2-7-11-5-12-15-7/h4-5H,2-3,9H2,1H3,(H,10,13). The summed E-state index contributed by atoms with van der Waals surface area (Å²) in [5.74, 6) is 1.27. The van der Waals surface area contributed by atoms with E-state index in [0.29, 0.717) is 30.4 Å². The lowest BCUT2D eigenvalue weighted by Crippen LogP contribution is -2.07. The van der Waals surface area contributed by atoms with E-state index in [9.17, 15) is 0 Å². The number of aryl methyl sites for hydroxylation is 1. The molecule has 2 aromatic heterocycles. The molecule has 7 heteroatoms. The van der Waals surface area contributed by atoms with Crippen LogP contribution in [0.5, 0.6) is 0 Å². The Morgan fingerprint density at radius 1 is 1.60 bits per heavy atom. The summed E-state index contributed by atoms with van der Waals surface area (Å²) in [5, 5.41) is 10.7. The molecule has 0 radical (unpaired) electrons. The second-order valence-electron chi connectivity index (χ2n) is 3.12. The lowest BCUT2D eigenvalue weighted by Gasteiger charge is -2.00. The first-order valence-corrected chi connectivity index (χ1v) is 4.54. The number of hydrogen-bond donors (Lipinski definition) is 2. The van der Waals surface area contributed by atoms with E-state index in [1.807, 2.05) is 7.05 Å². The largest absolute Gasteiger partial charge is 0.394 e. The van der Waals surface area contributed by atoms with Crippen molar-refractivity contribution in [1.29, 1.82) is 0 Å². The first-order valence-electron chi connectivity index (χ1n) is 4.54. The second kappa shape index (κ2) is 3.99. The number of nitrogens with zero attached hydrogens (tertiary/aromatic N) is 4. The molecule has 80 valence electrons. The lowest BCUT2D eigenvalue weighted by molar-refractivity contribution is 0.379. The molecule has 0 amide bonds. The van der Waals surface area contributed by atoms with Crippen LogP contribution in [-0.2, 0) is 13.5 Å². The Balaban J connectivity index is 1.86. The highest BCUT2D eigenvalue weighted by molar-refractivity contribution is 5.59. The number of nitrogen functional groups attached to an aromatic ring is 1. The third-order valence-corrected chi connectivity index (χ3v) is 1.90. The minimum Gasteiger partial charge on any atom is -0.394 e. The molecule has 7 nitrogen and oxygen atoms in total. The van der Waals surface area contributed by atoms with Crippen LogP contribution in [0.4, 0.5) is 11.5 Å². The van der Waals surface area contributed by atoms with E-state index in [-0.39, 0.29) is 0 Å². The van der Waals surface area contributed by atoms with Crippen molar-refractivity contribution in [3.8, 4) is 0 Å². The predicted molar refractivity (Wildman–Crippen MR) is 54.1 cm³/mol. The van der Waals surface area contributed by atoms with Crippen molar-refractivity contribution >= 4 is 11.5 Å². The number of nitrogens with one attached hydrogen (secondary N) is 1. The number of rotatable bonds is 4. The van der Waals surface area contributed by atoms with Gasteiger partial charge in [0.15, 0.2) is 12.1 Å². The van der Waals surface area contributed by atoms with Crippen molar-refractivity contribution in [2.75, 3.05) is 17.6 Å². The maximum atomic E-state index is 5.70. The van der Waals surface area contributed by atoms with Crippen molar-refractivity contribution in [3.05, 3.63) is 18.4 Å². The van der Waals surface area contributed by atoms with Gasteiger partial charge in [-0.3, -0.25) is 4.68 Å². The van der Waals surface area contributed by atoms with E-state index in [0.717, 1.165) is 0 Å². The molecule has 0 fully saturated rings. The molecule has 2 aromatic rings. The monoisotopic (exact) mass is 208 g/mol. The Labute approximate surface area is 86.3 Å². The Morgan fingerprint density at radius 3 is 3.07 bits per heavy atom. The molecule has 0 aromatic carbocycles. The van der Waals surface area contributed by atoms with Crippen LogP contribution in [0.25, 0.3) is 0 Å². The van der Waals surface area contributed by atoms with Gasteiger partial charge in [-0.2, -0.15) is 10.1 Å². The predicted octanol–water partition coefficient (Wildman–Crippen LogP) is 0.0399. The van der Waals surface area contributed by atoms with Crippen molar-refractivity contribution in [2.24, 2.45) is 7.05 Å². The van der Waals surface area contributed by atoms with Crippen molar-refractivity contribution < 1.29 is 4.52 Å². The van der Waals surface area contributed by atoms with E-state index < -0.39 is 0 Å². The van der Waals surface area contributed by atoms with Crippen LogP contribution in [-0.4, -0.2) is 26.5 Å². The first-order chi connectivity index (χ1) is 7.25. The molecular weight excluding hydrogens is 196 g/mol. The second-order valence-corrected chi connectivity index (χ2v) is 3.12. The zero-order valence-corrected chi connectivity index (χ0v) is 8.34. The molecule has 2 heterocycles. The third-order valence-electron chi connectivity index (χ3n) is 1.90. The average Bonchev–Trinajstić information content (AvgIpc) is 2.77. The third kappa shape index (κ3) is 2.25. The Morgan fingerprint density at radius 2 is 2.47 bits per heavy atom. The molecule has 15 heavy (non-hydrogen) atoms. The van der Waals surface area contributed by atoms with Gasteiger partial charge >= 0.3 is 0 Å². The number of anilines is 2. The maximum Gasteiger partial charge on any atom is 0.228 e. The van der Waals surface area contributed by atoms with Gasteiger partial charge in [-0.25, -0.2) is 0 Å². The van der Waals surface area contributed by atoms with Crippen molar-refractivity contribution in [2.45, 2.75) is 6.42 Å². The fourth-order valence-corrected chi connectivity index (χ4v) is 1.24. The van der Waals surface area contributed by atoms with E-state index in [1.54, 1.807) is 10.9 Å². The summed E-state index contributed by atoms with van der Waals surface area (Å²) < 4.78 is 6.51. The fraction of sp³-hybridized carbons (Fsp3) is 0.375. The van der Waals surface area contributed by atoms with Crippen molar-refractivity contribution in [1.82, 2.24) is 19.9 Å². The molecule has 0 saturated carbocycles. The van der Waals surface area contributed by atoms with Crippen molar-refractivity contribution in [3.63, 3.8) is 0 Å². The van der Waals surface area contributed by atoms with Gasteiger partial charge in [0.25, 0.3) is 0 Å². The molecule has 0 aliphatic carbocycles. The van der Waals surface area contributed by atoms with Crippen LogP contribution in [0, 0.1) is 0 Å². The molecule has 0 bridgehead atoms. The molecule has 3 N–H and O–H groups in total. The number of aromatic nitrogens is 4. The van der Waals surface area contributed by atoms with E-state index >= 15 is 0 Å². The minimum atomic E-state index is 0.594. The van der Waals surface area contributed by atoms with Crippen LogP contribution < -0.4 is 11.1 Å². The summed E-state index contributed by atoms with van der Waals surface area (Å²) in [6.45, 7) is 0.656. The number of nitrogens with two attached hydrogens (primary N) is 1. The molecule has 0 unspecified atom stereocenters. The first kappa shape index (κ1) is 9.50. The summed E-state index contributed by atoms with van der Waals surface area (Å²) in [7, 11) is 1.82. The van der Waals surface area contributed by atoms with Gasteiger partial charge in [-0.1, -0.05) is 5.16 Å². The smallest absolute Gasteiger partial charge is 0.228 e. The van der Waals surface area contributed by atoms with Gasteiger partial charge in [0, 0.05) is 26.2 Å². The van der Waals surface area contributed by atoms with Gasteiger partial charge in [0.05, 0.1) is 5.69 Å². The highest BCUT2D eigenvalue weighted by Gasteiger charge is 2.04. The average molecular weight is 208 g/mol. The normalized spacial score (nSPS) is 10.5. The summed E-state index contributed by atoms with van der Waals surface area (Å²) >= 11 is 0. The highest BCUT2D eigenvalue weighted by atomic mass is 16.5. The van der Waals surface area contributed by atoms with Gasteiger partial charge in [0.1, 0.15) is 0 Å². The highest BCUT2D eigenvalue weighted by Crippen LogP contribution is 2.13. The van der Waals surface area contributed by atoms with E-state index in [2.05, 4.69) is 20.6 Å². The molecule has 0 aliphatic rings. The van der Waals surface area contributed by atoms with Gasteiger partial charge in [0.2, 0.25) is 5.89 Å². The quantitative estimate of drug-likeness (QED) is 0.736. The lowest BCUT2D eigenvalue weighted by atomic mass is 10.4. The maximum absolute atomic E-state index is 5.70.